The highest BCUT2D eigenvalue weighted by Gasteiger charge is 2.35. The summed E-state index contributed by atoms with van der Waals surface area (Å²) in [6, 6.07) is 26.7. The lowest BCUT2D eigenvalue weighted by Gasteiger charge is -2.28. The summed E-state index contributed by atoms with van der Waals surface area (Å²) in [6.07, 6.45) is 0. The molecule has 4 aromatic carbocycles. The van der Waals surface area contributed by atoms with Gasteiger partial charge in [-0.1, -0.05) is 24.3 Å². The Kier molecular flexibility index (Phi) is 8.93. The minimum atomic E-state index is -0.814. The van der Waals surface area contributed by atoms with E-state index in [9.17, 15) is 40.9 Å². The monoisotopic (exact) mass is 816 g/mol. The minimum Gasteiger partial charge on any atom is -0.507 e. The molecule has 4 heterocycles. The van der Waals surface area contributed by atoms with E-state index in [0.29, 0.717) is 44.5 Å². The molecule has 1 aliphatic rings. The van der Waals surface area contributed by atoms with E-state index in [2.05, 4.69) is 0 Å². The van der Waals surface area contributed by atoms with Crippen LogP contribution in [0.1, 0.15) is 87.7 Å². The molecular formula is C44H32O8S4. The van der Waals surface area contributed by atoms with Crippen molar-refractivity contribution >= 4 is 45.3 Å². The Morgan fingerprint density at radius 3 is 0.589 bits per heavy atom. The van der Waals surface area contributed by atoms with E-state index >= 15 is 0 Å². The van der Waals surface area contributed by atoms with E-state index in [1.165, 1.54) is 69.6 Å². The Hall–Kier alpha value is -5.92. The molecule has 0 fully saturated rings. The highest BCUT2D eigenvalue weighted by molar-refractivity contribution is 7.10. The summed E-state index contributed by atoms with van der Waals surface area (Å²) in [5.74, 6) is -5.19. The van der Waals surface area contributed by atoms with E-state index in [1.807, 2.05) is 70.1 Å². The lowest BCUT2D eigenvalue weighted by Crippen LogP contribution is -2.11. The number of fused-ring (bicyclic) bond motifs is 8. The van der Waals surface area contributed by atoms with Gasteiger partial charge in [0.15, 0.2) is 0 Å². The van der Waals surface area contributed by atoms with E-state index in [0.717, 1.165) is 19.5 Å². The maximum atomic E-state index is 11.7. The Bertz CT molecular complexity index is 2230. The van der Waals surface area contributed by atoms with Gasteiger partial charge in [-0.15, -0.1) is 45.3 Å². The third kappa shape index (κ3) is 5.93. The second-order valence-corrected chi connectivity index (χ2v) is 17.6. The molecule has 0 saturated heterocycles. The second kappa shape index (κ2) is 14.0. The zero-order valence-electron chi connectivity index (χ0n) is 29.1. The first-order chi connectivity index (χ1) is 27.1. The van der Waals surface area contributed by atoms with E-state index in [1.54, 1.807) is 24.3 Å². The smallest absolute Gasteiger partial charge is 0.123 e. The van der Waals surface area contributed by atoms with Crippen molar-refractivity contribution in [1.82, 2.24) is 0 Å². The molecule has 0 radical (unpaired) electrons. The van der Waals surface area contributed by atoms with Crippen LogP contribution in [0.2, 0.25) is 0 Å². The number of aromatic hydroxyl groups is 8. The molecule has 0 aliphatic heterocycles. The molecule has 1 aliphatic carbocycles. The van der Waals surface area contributed by atoms with E-state index in [-0.39, 0.29) is 46.0 Å². The van der Waals surface area contributed by atoms with Gasteiger partial charge >= 0.3 is 0 Å². The zero-order chi connectivity index (χ0) is 38.8. The predicted octanol–water partition coefficient (Wildman–Crippen LogP) is 10.6. The van der Waals surface area contributed by atoms with Crippen LogP contribution < -0.4 is 0 Å². The van der Waals surface area contributed by atoms with Crippen LogP contribution in [0.3, 0.4) is 0 Å². The van der Waals surface area contributed by atoms with Crippen molar-refractivity contribution < 1.29 is 40.9 Å². The summed E-state index contributed by atoms with van der Waals surface area (Å²) in [6.45, 7) is 0. The fourth-order valence-electron chi connectivity index (χ4n) is 8.01. The number of phenolic OH excluding ortho intramolecular Hbond substituents is 8. The van der Waals surface area contributed by atoms with Crippen molar-refractivity contribution in [2.45, 2.75) is 23.7 Å². The van der Waals surface area contributed by atoms with Crippen LogP contribution >= 0.6 is 45.3 Å². The average Bonchev–Trinajstić information content (AvgIpc) is 4.01. The summed E-state index contributed by atoms with van der Waals surface area (Å²) < 4.78 is 0. The van der Waals surface area contributed by atoms with Crippen molar-refractivity contribution in [2.24, 2.45) is 0 Å². The quantitative estimate of drug-likeness (QED) is 0.0871. The third-order valence-corrected chi connectivity index (χ3v) is 14.3. The predicted molar refractivity (Wildman–Crippen MR) is 220 cm³/mol. The van der Waals surface area contributed by atoms with Crippen LogP contribution in [0.5, 0.6) is 46.0 Å². The fourth-order valence-corrected chi connectivity index (χ4v) is 11.5. The lowest BCUT2D eigenvalue weighted by atomic mass is 9.78. The molecule has 280 valence electrons. The Balaban J connectivity index is 1.46. The SMILES string of the molecule is Oc1cc(O)c2cc1C(c1cccs1)c1cc(c(O)cc1O)C(c1cccs1)c1cc(c(O)cc1O)C(c1cccs1)c1cc(c(O)cc1O)C2c1cccs1. The van der Waals surface area contributed by atoms with Crippen molar-refractivity contribution in [3.63, 3.8) is 0 Å². The van der Waals surface area contributed by atoms with Gasteiger partial charge in [-0.3, -0.25) is 0 Å². The molecular weight excluding hydrogens is 785 g/mol. The van der Waals surface area contributed by atoms with Gasteiger partial charge in [0.25, 0.3) is 0 Å². The van der Waals surface area contributed by atoms with Crippen molar-refractivity contribution in [3.8, 4) is 46.0 Å². The summed E-state index contributed by atoms with van der Waals surface area (Å²) in [7, 11) is 0. The van der Waals surface area contributed by atoms with Gasteiger partial charge in [0.05, 0.1) is 23.7 Å². The first-order valence-corrected chi connectivity index (χ1v) is 21.0. The summed E-state index contributed by atoms with van der Waals surface area (Å²) in [5.41, 5.74) is 2.76. The van der Waals surface area contributed by atoms with Gasteiger partial charge in [0.1, 0.15) is 46.0 Å². The molecule has 8 nitrogen and oxygen atoms in total. The van der Waals surface area contributed by atoms with Crippen molar-refractivity contribution in [1.29, 1.82) is 0 Å². The topological polar surface area (TPSA) is 162 Å². The van der Waals surface area contributed by atoms with Crippen LogP contribution in [-0.2, 0) is 0 Å². The van der Waals surface area contributed by atoms with Crippen molar-refractivity contribution in [3.05, 3.63) is 183 Å². The number of hydrogen-bond acceptors (Lipinski definition) is 12. The molecule has 0 atom stereocenters. The van der Waals surface area contributed by atoms with Gasteiger partial charge in [-0.25, -0.2) is 0 Å². The van der Waals surface area contributed by atoms with Crippen LogP contribution in [0.4, 0.5) is 0 Å². The molecule has 4 aromatic heterocycles. The van der Waals surface area contributed by atoms with E-state index in [4.69, 9.17) is 0 Å². The van der Waals surface area contributed by atoms with Crippen LogP contribution in [0.25, 0.3) is 0 Å². The number of phenols is 8. The van der Waals surface area contributed by atoms with Gasteiger partial charge in [-0.05, 0) is 70.1 Å². The molecule has 8 bridgehead atoms. The van der Waals surface area contributed by atoms with Gasteiger partial charge in [-0.2, -0.15) is 0 Å². The van der Waals surface area contributed by atoms with Gasteiger partial charge in [0, 0.05) is 88.3 Å². The number of thiophene rings is 4. The molecule has 56 heavy (non-hydrogen) atoms. The zero-order valence-corrected chi connectivity index (χ0v) is 32.3. The highest BCUT2D eigenvalue weighted by atomic mass is 32.1. The number of benzene rings is 4. The molecule has 0 amide bonds. The number of rotatable bonds is 4. The Morgan fingerprint density at radius 1 is 0.268 bits per heavy atom. The highest BCUT2D eigenvalue weighted by Crippen LogP contribution is 2.54. The number of hydrogen-bond donors (Lipinski definition) is 8. The lowest BCUT2D eigenvalue weighted by molar-refractivity contribution is 0.432. The van der Waals surface area contributed by atoms with Crippen LogP contribution in [-0.4, -0.2) is 40.9 Å². The first-order valence-electron chi connectivity index (χ1n) is 17.5. The Labute approximate surface area is 336 Å². The maximum absolute atomic E-state index is 11.7. The normalized spacial score (nSPS) is 17.9. The fraction of sp³-hybridized carbons (Fsp3) is 0.0909. The summed E-state index contributed by atoms with van der Waals surface area (Å²) in [4.78, 5) is 2.98. The third-order valence-electron chi connectivity index (χ3n) is 10.5. The molecule has 0 saturated carbocycles. The Morgan fingerprint density at radius 2 is 0.446 bits per heavy atom. The first kappa shape index (κ1) is 35.8. The maximum Gasteiger partial charge on any atom is 0.123 e. The van der Waals surface area contributed by atoms with E-state index < -0.39 is 23.7 Å². The van der Waals surface area contributed by atoms with Crippen molar-refractivity contribution in [2.75, 3.05) is 0 Å². The average molecular weight is 817 g/mol. The molecule has 8 aromatic rings. The minimum absolute atomic E-state index is 0.242. The summed E-state index contributed by atoms with van der Waals surface area (Å²) in [5, 5.41) is 101. The molecule has 0 spiro atoms. The molecule has 0 unspecified atom stereocenters. The van der Waals surface area contributed by atoms with Crippen LogP contribution in [0.15, 0.2) is 119 Å². The van der Waals surface area contributed by atoms with Gasteiger partial charge < -0.3 is 40.9 Å². The van der Waals surface area contributed by atoms with Gasteiger partial charge in [0.2, 0.25) is 0 Å². The molecule has 12 heteroatoms. The van der Waals surface area contributed by atoms with Crippen LogP contribution in [0, 0.1) is 0 Å². The second-order valence-electron chi connectivity index (χ2n) is 13.7. The summed E-state index contributed by atoms with van der Waals surface area (Å²) >= 11 is 5.61. The molecule has 9 rings (SSSR count). The largest absolute Gasteiger partial charge is 0.507 e. The standard InChI is InChI=1S/C44H32O8S4/c45-29-17-31(47)23-13-21(29)41(37-5-1-9-53-37)22-14-24(32(48)18-30(22)46)43(39-7-3-11-55-39)26-16-28(36(52)20-34(26)50)44(40-8-4-12-56-40)27-15-25(33(49)19-35(27)51)42(23)38-6-2-10-54-38/h1-20,41-52H. The molecule has 8 N–H and O–H groups in total.